The topological polar surface area (TPSA) is 42.0 Å². The van der Waals surface area contributed by atoms with Crippen LogP contribution < -0.4 is 0 Å². The van der Waals surface area contributed by atoms with Crippen molar-refractivity contribution in [3.05, 3.63) is 83.8 Å². The number of imidazole rings is 1. The van der Waals surface area contributed by atoms with Crippen LogP contribution in [0.4, 0.5) is 15.9 Å². The molecule has 4 aromatic rings. The van der Waals surface area contributed by atoms with Gasteiger partial charge in [-0.05, 0) is 67.4 Å². The standard InChI is InChI=1S/C21H17FN4/c1-14-5-3-7-18(13-14)24-25-21-19(16-8-10-17(22)11-9-16)23-20-15(2)6-4-12-26(20)21/h3-13H,1-2H3. The molecule has 0 amide bonds. The van der Waals surface area contributed by atoms with E-state index in [0.29, 0.717) is 11.5 Å². The lowest BCUT2D eigenvalue weighted by molar-refractivity contribution is 0.628. The van der Waals surface area contributed by atoms with Gasteiger partial charge in [-0.3, -0.25) is 4.40 Å². The predicted octanol–water partition coefficient (Wildman–Crippen LogP) is 6.17. The number of fused-ring (bicyclic) bond motifs is 1. The van der Waals surface area contributed by atoms with Crippen LogP contribution in [0.2, 0.25) is 0 Å². The van der Waals surface area contributed by atoms with Gasteiger partial charge in [-0.2, -0.15) is 0 Å². The highest BCUT2D eigenvalue weighted by molar-refractivity contribution is 5.75. The van der Waals surface area contributed by atoms with Gasteiger partial charge in [0.1, 0.15) is 17.2 Å². The summed E-state index contributed by atoms with van der Waals surface area (Å²) in [6.45, 7) is 4.01. The molecule has 4 rings (SSSR count). The molecule has 0 unspecified atom stereocenters. The molecule has 0 bridgehead atoms. The molecule has 0 N–H and O–H groups in total. The number of pyridine rings is 1. The van der Waals surface area contributed by atoms with Gasteiger partial charge in [0.05, 0.1) is 5.69 Å². The molecule has 26 heavy (non-hydrogen) atoms. The lowest BCUT2D eigenvalue weighted by Gasteiger charge is -2.00. The molecular weight excluding hydrogens is 327 g/mol. The molecule has 4 nitrogen and oxygen atoms in total. The van der Waals surface area contributed by atoms with E-state index in [9.17, 15) is 4.39 Å². The van der Waals surface area contributed by atoms with Crippen molar-refractivity contribution in [1.82, 2.24) is 9.38 Å². The lowest BCUT2D eigenvalue weighted by Crippen LogP contribution is -1.85. The first-order valence-corrected chi connectivity index (χ1v) is 8.34. The summed E-state index contributed by atoms with van der Waals surface area (Å²) >= 11 is 0. The summed E-state index contributed by atoms with van der Waals surface area (Å²) < 4.78 is 15.2. The van der Waals surface area contributed by atoms with E-state index in [4.69, 9.17) is 4.98 Å². The summed E-state index contributed by atoms with van der Waals surface area (Å²) in [4.78, 5) is 4.73. The largest absolute Gasteiger partial charge is 0.282 e. The molecule has 2 aromatic heterocycles. The van der Waals surface area contributed by atoms with Crippen molar-refractivity contribution in [3.8, 4) is 11.3 Å². The molecule has 0 spiro atoms. The third-order valence-corrected chi connectivity index (χ3v) is 4.20. The Kier molecular flexibility index (Phi) is 4.05. The Bertz CT molecular complexity index is 1110. The summed E-state index contributed by atoms with van der Waals surface area (Å²) in [7, 11) is 0. The summed E-state index contributed by atoms with van der Waals surface area (Å²) in [5.74, 6) is 0.341. The fraction of sp³-hybridized carbons (Fsp3) is 0.0952. The van der Waals surface area contributed by atoms with Crippen molar-refractivity contribution in [1.29, 1.82) is 0 Å². The minimum atomic E-state index is -0.281. The van der Waals surface area contributed by atoms with E-state index >= 15 is 0 Å². The van der Waals surface area contributed by atoms with Crippen LogP contribution in [0.3, 0.4) is 0 Å². The summed E-state index contributed by atoms with van der Waals surface area (Å²) in [6.07, 6.45) is 1.91. The molecule has 0 aliphatic rings. The van der Waals surface area contributed by atoms with Gasteiger partial charge < -0.3 is 0 Å². The quantitative estimate of drug-likeness (QED) is 0.410. The zero-order chi connectivity index (χ0) is 18.1. The molecule has 0 fully saturated rings. The molecule has 0 saturated heterocycles. The first-order chi connectivity index (χ1) is 12.6. The maximum atomic E-state index is 13.3. The van der Waals surface area contributed by atoms with E-state index in [2.05, 4.69) is 10.2 Å². The Morgan fingerprint density at radius 2 is 1.73 bits per heavy atom. The number of aromatic nitrogens is 2. The highest BCUT2D eigenvalue weighted by Crippen LogP contribution is 2.33. The number of nitrogens with zero attached hydrogens (tertiary/aromatic N) is 4. The first kappa shape index (κ1) is 16.1. The number of hydrogen-bond acceptors (Lipinski definition) is 3. The highest BCUT2D eigenvalue weighted by atomic mass is 19.1. The number of halogens is 1. The summed E-state index contributed by atoms with van der Waals surface area (Å²) in [6, 6.07) is 18.0. The van der Waals surface area contributed by atoms with Gasteiger partial charge in [-0.25, -0.2) is 9.37 Å². The fourth-order valence-corrected chi connectivity index (χ4v) is 2.88. The fourth-order valence-electron chi connectivity index (χ4n) is 2.88. The van der Waals surface area contributed by atoms with Crippen LogP contribution in [-0.4, -0.2) is 9.38 Å². The zero-order valence-electron chi connectivity index (χ0n) is 14.5. The Morgan fingerprint density at radius 1 is 0.923 bits per heavy atom. The van der Waals surface area contributed by atoms with Gasteiger partial charge in [0.15, 0.2) is 5.82 Å². The molecule has 0 atom stereocenters. The maximum absolute atomic E-state index is 13.3. The SMILES string of the molecule is Cc1cccc(N=Nc2c(-c3ccc(F)cc3)nc3c(C)cccn23)c1. The number of hydrogen-bond donors (Lipinski definition) is 0. The molecule has 5 heteroatoms. The summed E-state index contributed by atoms with van der Waals surface area (Å²) in [5, 5.41) is 8.86. The molecule has 0 saturated carbocycles. The van der Waals surface area contributed by atoms with E-state index < -0.39 is 0 Å². The van der Waals surface area contributed by atoms with Gasteiger partial charge in [-0.1, -0.05) is 18.2 Å². The Morgan fingerprint density at radius 3 is 2.50 bits per heavy atom. The van der Waals surface area contributed by atoms with Gasteiger partial charge >= 0.3 is 0 Å². The molecule has 128 valence electrons. The number of benzene rings is 2. The average molecular weight is 344 g/mol. The normalized spacial score (nSPS) is 11.5. The second-order valence-corrected chi connectivity index (χ2v) is 6.21. The van der Waals surface area contributed by atoms with Crippen LogP contribution in [0.25, 0.3) is 16.9 Å². The van der Waals surface area contributed by atoms with E-state index in [-0.39, 0.29) is 5.82 Å². The summed E-state index contributed by atoms with van der Waals surface area (Å²) in [5.41, 5.74) is 5.22. The van der Waals surface area contributed by atoms with Crippen molar-refractivity contribution >= 4 is 17.2 Å². The van der Waals surface area contributed by atoms with E-state index in [1.54, 1.807) is 12.1 Å². The molecule has 0 radical (unpaired) electrons. The van der Waals surface area contributed by atoms with Crippen molar-refractivity contribution in [2.45, 2.75) is 13.8 Å². The Labute approximate surface area is 150 Å². The van der Waals surface area contributed by atoms with Gasteiger partial charge in [-0.15, -0.1) is 10.2 Å². The van der Waals surface area contributed by atoms with Gasteiger partial charge in [0.25, 0.3) is 0 Å². The number of aryl methyl sites for hydroxylation is 2. The minimum absolute atomic E-state index is 0.281. The highest BCUT2D eigenvalue weighted by Gasteiger charge is 2.15. The maximum Gasteiger partial charge on any atom is 0.187 e. The second kappa shape index (κ2) is 6.52. The number of azo groups is 1. The van der Waals surface area contributed by atoms with Crippen LogP contribution >= 0.6 is 0 Å². The molecular formula is C21H17FN4. The average Bonchev–Trinajstić information content (AvgIpc) is 3.01. The molecule has 0 aliphatic heterocycles. The minimum Gasteiger partial charge on any atom is -0.282 e. The van der Waals surface area contributed by atoms with Crippen LogP contribution in [0.15, 0.2) is 77.1 Å². The van der Waals surface area contributed by atoms with E-state index in [1.807, 2.05) is 60.8 Å². The van der Waals surface area contributed by atoms with Crippen LogP contribution in [0, 0.1) is 19.7 Å². The predicted molar refractivity (Wildman–Crippen MR) is 101 cm³/mol. The van der Waals surface area contributed by atoms with Crippen LogP contribution in [-0.2, 0) is 0 Å². The van der Waals surface area contributed by atoms with E-state index in [1.165, 1.54) is 12.1 Å². The zero-order valence-corrected chi connectivity index (χ0v) is 14.5. The Hall–Kier alpha value is -3.34. The Balaban J connectivity index is 1.90. The third-order valence-electron chi connectivity index (χ3n) is 4.20. The van der Waals surface area contributed by atoms with E-state index in [0.717, 1.165) is 28.0 Å². The van der Waals surface area contributed by atoms with Gasteiger partial charge in [0, 0.05) is 11.8 Å². The molecule has 2 aromatic carbocycles. The monoisotopic (exact) mass is 344 g/mol. The molecule has 0 aliphatic carbocycles. The molecule has 2 heterocycles. The second-order valence-electron chi connectivity index (χ2n) is 6.21. The van der Waals surface area contributed by atoms with Gasteiger partial charge in [0.2, 0.25) is 0 Å². The van der Waals surface area contributed by atoms with Crippen molar-refractivity contribution < 1.29 is 4.39 Å². The third kappa shape index (κ3) is 2.99. The first-order valence-electron chi connectivity index (χ1n) is 8.34. The number of rotatable bonds is 3. The lowest BCUT2D eigenvalue weighted by atomic mass is 10.1. The van der Waals surface area contributed by atoms with Crippen molar-refractivity contribution in [2.24, 2.45) is 10.2 Å². The van der Waals surface area contributed by atoms with Crippen molar-refractivity contribution in [3.63, 3.8) is 0 Å². The van der Waals surface area contributed by atoms with Crippen LogP contribution in [0.5, 0.6) is 0 Å². The van der Waals surface area contributed by atoms with Crippen molar-refractivity contribution in [2.75, 3.05) is 0 Å². The smallest absolute Gasteiger partial charge is 0.187 e. The van der Waals surface area contributed by atoms with Crippen LogP contribution in [0.1, 0.15) is 11.1 Å².